The van der Waals surface area contributed by atoms with Crippen molar-refractivity contribution in [3.63, 3.8) is 0 Å². The summed E-state index contributed by atoms with van der Waals surface area (Å²) in [5.74, 6) is 0.0635. The van der Waals surface area contributed by atoms with E-state index in [0.717, 1.165) is 16.4 Å². The van der Waals surface area contributed by atoms with Crippen molar-refractivity contribution in [2.24, 2.45) is 7.05 Å². The first-order chi connectivity index (χ1) is 6.09. The fourth-order valence-electron chi connectivity index (χ4n) is 1.36. The summed E-state index contributed by atoms with van der Waals surface area (Å²) in [4.78, 5) is 11.3. The number of nitrogens with zero attached hydrogens (tertiary/aromatic N) is 2. The van der Waals surface area contributed by atoms with Gasteiger partial charge in [0.1, 0.15) is 5.03 Å². The highest BCUT2D eigenvalue weighted by atomic mass is 32.2. The van der Waals surface area contributed by atoms with Crippen molar-refractivity contribution in [3.05, 3.63) is 5.69 Å². The number of hydrogen-bond donors (Lipinski definition) is 1. The monoisotopic (exact) mass is 197 g/mol. The third-order valence-corrected chi connectivity index (χ3v) is 3.33. The zero-order valence-corrected chi connectivity index (χ0v) is 8.60. The van der Waals surface area contributed by atoms with Gasteiger partial charge in [-0.2, -0.15) is 5.10 Å². The molecule has 70 valence electrons. The third kappa shape index (κ3) is 1.23. The predicted molar refractivity (Wildman–Crippen MR) is 51.9 cm³/mol. The maximum absolute atomic E-state index is 11.3. The van der Waals surface area contributed by atoms with Crippen LogP contribution in [0.5, 0.6) is 0 Å². The summed E-state index contributed by atoms with van der Waals surface area (Å²) in [7, 11) is 1.89. The Labute approximate surface area is 80.7 Å². The summed E-state index contributed by atoms with van der Waals surface area (Å²) in [5, 5.41) is 8.12. The standard InChI is InChI=1S/C8H11N3OS/c1-4-6-8(11(3)10-4)13-5(2)7(12)9-6/h5H,1-3H3,(H,9,12). The van der Waals surface area contributed by atoms with Crippen LogP contribution < -0.4 is 5.32 Å². The number of aromatic nitrogens is 2. The molecule has 0 fully saturated rings. The van der Waals surface area contributed by atoms with E-state index in [0.29, 0.717) is 0 Å². The normalized spacial score (nSPS) is 21.2. The number of anilines is 1. The first-order valence-electron chi connectivity index (χ1n) is 4.10. The number of rotatable bonds is 0. The molecule has 5 heteroatoms. The predicted octanol–water partition coefficient (Wildman–Crippen LogP) is 1.16. The second-order valence-corrected chi connectivity index (χ2v) is 4.47. The van der Waals surface area contributed by atoms with E-state index in [9.17, 15) is 4.79 Å². The Balaban J connectivity index is 2.50. The van der Waals surface area contributed by atoms with E-state index in [2.05, 4.69) is 10.4 Å². The summed E-state index contributed by atoms with van der Waals surface area (Å²) in [6, 6.07) is 0. The molecule has 1 atom stereocenters. The lowest BCUT2D eigenvalue weighted by Gasteiger charge is -2.18. The number of carbonyl (C=O) groups is 1. The Hall–Kier alpha value is -0.970. The molecule has 0 saturated heterocycles. The molecule has 1 amide bonds. The van der Waals surface area contributed by atoms with E-state index in [-0.39, 0.29) is 11.2 Å². The highest BCUT2D eigenvalue weighted by molar-refractivity contribution is 8.00. The van der Waals surface area contributed by atoms with Gasteiger partial charge in [0.25, 0.3) is 0 Å². The zero-order chi connectivity index (χ0) is 9.59. The maximum Gasteiger partial charge on any atom is 0.237 e. The summed E-state index contributed by atoms with van der Waals surface area (Å²) < 4.78 is 1.81. The van der Waals surface area contributed by atoms with Crippen LogP contribution in [0.1, 0.15) is 12.6 Å². The van der Waals surface area contributed by atoms with Crippen molar-refractivity contribution in [2.45, 2.75) is 24.1 Å². The van der Waals surface area contributed by atoms with E-state index >= 15 is 0 Å². The van der Waals surface area contributed by atoms with Crippen LogP contribution >= 0.6 is 11.8 Å². The van der Waals surface area contributed by atoms with Crippen LogP contribution in [-0.2, 0) is 11.8 Å². The van der Waals surface area contributed by atoms with Gasteiger partial charge in [0, 0.05) is 7.05 Å². The Morgan fingerprint density at radius 1 is 1.62 bits per heavy atom. The van der Waals surface area contributed by atoms with Crippen LogP contribution in [0, 0.1) is 6.92 Å². The molecule has 0 saturated carbocycles. The van der Waals surface area contributed by atoms with Gasteiger partial charge in [-0.25, -0.2) is 0 Å². The van der Waals surface area contributed by atoms with Gasteiger partial charge in [0.15, 0.2) is 0 Å². The quantitative estimate of drug-likeness (QED) is 0.679. The second-order valence-electron chi connectivity index (χ2n) is 3.14. The lowest BCUT2D eigenvalue weighted by Crippen LogP contribution is -2.26. The Morgan fingerprint density at radius 2 is 2.31 bits per heavy atom. The summed E-state index contributed by atoms with van der Waals surface area (Å²) in [6.45, 7) is 3.79. The molecule has 1 aromatic heterocycles. The maximum atomic E-state index is 11.3. The van der Waals surface area contributed by atoms with Crippen LogP contribution in [0.2, 0.25) is 0 Å². The molecule has 0 aliphatic carbocycles. The smallest absolute Gasteiger partial charge is 0.237 e. The summed E-state index contributed by atoms with van der Waals surface area (Å²) in [6.07, 6.45) is 0. The van der Waals surface area contributed by atoms with Gasteiger partial charge in [-0.15, -0.1) is 0 Å². The molecular weight excluding hydrogens is 186 g/mol. The van der Waals surface area contributed by atoms with Crippen molar-refractivity contribution >= 4 is 23.4 Å². The zero-order valence-electron chi connectivity index (χ0n) is 7.79. The number of amides is 1. The minimum Gasteiger partial charge on any atom is -0.321 e. The Morgan fingerprint density at radius 3 is 3.00 bits per heavy atom. The minimum absolute atomic E-state index is 0.0256. The molecule has 2 rings (SSSR count). The number of thioether (sulfide) groups is 1. The average Bonchev–Trinajstić information content (AvgIpc) is 2.31. The van der Waals surface area contributed by atoms with Crippen molar-refractivity contribution in [3.8, 4) is 0 Å². The molecule has 4 nitrogen and oxygen atoms in total. The van der Waals surface area contributed by atoms with Gasteiger partial charge in [-0.3, -0.25) is 9.48 Å². The van der Waals surface area contributed by atoms with Crippen molar-refractivity contribution in [1.29, 1.82) is 0 Å². The van der Waals surface area contributed by atoms with E-state index < -0.39 is 0 Å². The molecule has 2 heterocycles. The van der Waals surface area contributed by atoms with Crippen LogP contribution in [-0.4, -0.2) is 20.9 Å². The topological polar surface area (TPSA) is 46.9 Å². The van der Waals surface area contributed by atoms with Gasteiger partial charge in [-0.05, 0) is 13.8 Å². The van der Waals surface area contributed by atoms with E-state index in [1.807, 2.05) is 25.6 Å². The molecule has 1 aliphatic heterocycles. The molecule has 1 aromatic rings. The summed E-state index contributed by atoms with van der Waals surface area (Å²) in [5.41, 5.74) is 1.75. The fourth-order valence-corrected chi connectivity index (χ4v) is 2.37. The van der Waals surface area contributed by atoms with E-state index in [1.54, 1.807) is 11.8 Å². The Kier molecular flexibility index (Phi) is 1.83. The molecule has 0 bridgehead atoms. The summed E-state index contributed by atoms with van der Waals surface area (Å²) >= 11 is 1.56. The minimum atomic E-state index is -0.0256. The van der Waals surface area contributed by atoms with Gasteiger partial charge < -0.3 is 5.32 Å². The molecule has 0 spiro atoms. The van der Waals surface area contributed by atoms with Crippen molar-refractivity contribution < 1.29 is 4.79 Å². The van der Waals surface area contributed by atoms with Crippen molar-refractivity contribution in [1.82, 2.24) is 9.78 Å². The molecule has 0 radical (unpaired) electrons. The molecule has 1 unspecified atom stereocenters. The number of aryl methyl sites for hydroxylation is 2. The first-order valence-corrected chi connectivity index (χ1v) is 4.98. The van der Waals surface area contributed by atoms with Crippen LogP contribution in [0.4, 0.5) is 5.69 Å². The van der Waals surface area contributed by atoms with E-state index in [1.165, 1.54) is 0 Å². The highest BCUT2D eigenvalue weighted by Crippen LogP contribution is 2.36. The molecule has 1 N–H and O–H groups in total. The number of nitrogens with one attached hydrogen (secondary N) is 1. The fraction of sp³-hybridized carbons (Fsp3) is 0.500. The van der Waals surface area contributed by atoms with Crippen LogP contribution in [0.3, 0.4) is 0 Å². The van der Waals surface area contributed by atoms with Gasteiger partial charge in [0.05, 0.1) is 16.6 Å². The van der Waals surface area contributed by atoms with E-state index in [4.69, 9.17) is 0 Å². The molecule has 13 heavy (non-hydrogen) atoms. The van der Waals surface area contributed by atoms with Gasteiger partial charge in [0.2, 0.25) is 5.91 Å². The third-order valence-electron chi connectivity index (χ3n) is 2.08. The Bertz CT molecular complexity index is 372. The average molecular weight is 197 g/mol. The number of carbonyl (C=O) groups excluding carboxylic acids is 1. The SMILES string of the molecule is Cc1nn(C)c2c1NC(=O)C(C)S2. The van der Waals surface area contributed by atoms with Gasteiger partial charge in [-0.1, -0.05) is 11.8 Å². The lowest BCUT2D eigenvalue weighted by molar-refractivity contribution is -0.115. The molecule has 1 aliphatic rings. The number of hydrogen-bond acceptors (Lipinski definition) is 3. The number of fused-ring (bicyclic) bond motifs is 1. The molecule has 0 aromatic carbocycles. The largest absolute Gasteiger partial charge is 0.321 e. The van der Waals surface area contributed by atoms with Crippen molar-refractivity contribution in [2.75, 3.05) is 5.32 Å². The van der Waals surface area contributed by atoms with Crippen LogP contribution in [0.25, 0.3) is 0 Å². The molecular formula is C8H11N3OS. The second kappa shape index (κ2) is 2.77. The highest BCUT2D eigenvalue weighted by Gasteiger charge is 2.27. The van der Waals surface area contributed by atoms with Crippen LogP contribution in [0.15, 0.2) is 5.03 Å². The first kappa shape index (κ1) is 8.62. The van der Waals surface area contributed by atoms with Gasteiger partial charge >= 0.3 is 0 Å². The lowest BCUT2D eigenvalue weighted by atomic mass is 10.3.